The van der Waals surface area contributed by atoms with Crippen molar-refractivity contribution >= 4 is 11.7 Å². The third kappa shape index (κ3) is 4.80. The normalized spacial score (nSPS) is 13.2. The molecule has 0 spiro atoms. The Kier molecular flexibility index (Phi) is 6.09. The molecule has 2 heterocycles. The number of hydrogen-bond donors (Lipinski definition) is 1. The Morgan fingerprint density at radius 2 is 1.84 bits per heavy atom. The van der Waals surface area contributed by atoms with Crippen molar-refractivity contribution in [2.24, 2.45) is 7.05 Å². The molecule has 6 heteroatoms. The second kappa shape index (κ2) is 8.94. The molecule has 1 aliphatic heterocycles. The van der Waals surface area contributed by atoms with Crippen LogP contribution in [0.5, 0.6) is 0 Å². The fourth-order valence-electron chi connectivity index (χ4n) is 3.93. The van der Waals surface area contributed by atoms with Gasteiger partial charge in [0.05, 0.1) is 25.5 Å². The number of hydrogen-bond acceptors (Lipinski definition) is 3. The van der Waals surface area contributed by atoms with Crippen molar-refractivity contribution in [2.45, 2.75) is 47.0 Å². The van der Waals surface area contributed by atoms with Gasteiger partial charge in [0, 0.05) is 37.0 Å². The minimum atomic E-state index is -0.0794. The van der Waals surface area contributed by atoms with Crippen molar-refractivity contribution in [3.63, 3.8) is 0 Å². The minimum Gasteiger partial charge on any atom is -0.370 e. The molecule has 0 aliphatic carbocycles. The summed E-state index contributed by atoms with van der Waals surface area (Å²) in [5.74, 6) is 0. The summed E-state index contributed by atoms with van der Waals surface area (Å²) in [6.45, 7) is 8.39. The van der Waals surface area contributed by atoms with Crippen molar-refractivity contribution in [2.75, 3.05) is 11.9 Å². The first-order chi connectivity index (χ1) is 14.9. The fraction of sp³-hybridized carbons (Fsp3) is 0.360. The van der Waals surface area contributed by atoms with E-state index in [4.69, 9.17) is 4.74 Å². The Labute approximate surface area is 183 Å². The van der Waals surface area contributed by atoms with Gasteiger partial charge in [-0.05, 0) is 49.6 Å². The van der Waals surface area contributed by atoms with E-state index in [2.05, 4.69) is 55.5 Å². The van der Waals surface area contributed by atoms with Crippen molar-refractivity contribution < 1.29 is 9.53 Å². The lowest BCUT2D eigenvalue weighted by Crippen LogP contribution is -2.39. The summed E-state index contributed by atoms with van der Waals surface area (Å²) in [6.07, 6.45) is 0.789. The summed E-state index contributed by atoms with van der Waals surface area (Å²) in [6, 6.07) is 14.3. The van der Waals surface area contributed by atoms with E-state index in [1.807, 2.05) is 34.8 Å². The van der Waals surface area contributed by atoms with E-state index < -0.39 is 0 Å². The number of fused-ring (bicyclic) bond motifs is 1. The summed E-state index contributed by atoms with van der Waals surface area (Å²) in [5.41, 5.74) is 8.79. The molecule has 2 amide bonds. The van der Waals surface area contributed by atoms with Gasteiger partial charge in [-0.15, -0.1) is 0 Å². The molecule has 0 fully saturated rings. The molecule has 1 aliphatic rings. The van der Waals surface area contributed by atoms with E-state index in [1.165, 1.54) is 22.4 Å². The SMILES string of the molecule is Cc1ccc(COCc2nn(C)c3c2CN(C(=O)Nc2ccc(C)c(C)c2)CC3)cc1. The van der Waals surface area contributed by atoms with E-state index in [9.17, 15) is 4.79 Å². The van der Waals surface area contributed by atoms with Crippen molar-refractivity contribution in [3.8, 4) is 0 Å². The van der Waals surface area contributed by atoms with Crippen LogP contribution in [0.1, 0.15) is 39.2 Å². The fourth-order valence-corrected chi connectivity index (χ4v) is 3.93. The van der Waals surface area contributed by atoms with Gasteiger partial charge in [-0.2, -0.15) is 5.10 Å². The molecule has 2 aromatic carbocycles. The summed E-state index contributed by atoms with van der Waals surface area (Å²) in [4.78, 5) is 14.7. The highest BCUT2D eigenvalue weighted by atomic mass is 16.5. The van der Waals surface area contributed by atoms with Crippen LogP contribution in [-0.2, 0) is 38.0 Å². The van der Waals surface area contributed by atoms with Crippen LogP contribution in [0.4, 0.5) is 10.5 Å². The van der Waals surface area contributed by atoms with Gasteiger partial charge in [0.25, 0.3) is 0 Å². The number of benzene rings is 2. The van der Waals surface area contributed by atoms with Gasteiger partial charge in [-0.3, -0.25) is 4.68 Å². The summed E-state index contributed by atoms with van der Waals surface area (Å²) < 4.78 is 7.87. The molecular formula is C25H30N4O2. The lowest BCUT2D eigenvalue weighted by atomic mass is 10.1. The maximum atomic E-state index is 12.9. The zero-order chi connectivity index (χ0) is 22.0. The topological polar surface area (TPSA) is 59.4 Å². The minimum absolute atomic E-state index is 0.0794. The van der Waals surface area contributed by atoms with Crippen molar-refractivity contribution in [1.82, 2.24) is 14.7 Å². The zero-order valence-corrected chi connectivity index (χ0v) is 18.7. The van der Waals surface area contributed by atoms with Gasteiger partial charge in [-0.1, -0.05) is 35.9 Å². The molecular weight excluding hydrogens is 388 g/mol. The predicted molar refractivity (Wildman–Crippen MR) is 122 cm³/mol. The third-order valence-electron chi connectivity index (χ3n) is 6.00. The molecule has 6 nitrogen and oxygen atoms in total. The van der Waals surface area contributed by atoms with Crippen LogP contribution in [-0.4, -0.2) is 27.3 Å². The van der Waals surface area contributed by atoms with Gasteiger partial charge >= 0.3 is 6.03 Å². The van der Waals surface area contributed by atoms with Gasteiger partial charge in [0.1, 0.15) is 0 Å². The second-order valence-corrected chi connectivity index (χ2v) is 8.37. The van der Waals surface area contributed by atoms with Crippen LogP contribution in [0.3, 0.4) is 0 Å². The van der Waals surface area contributed by atoms with Crippen molar-refractivity contribution in [1.29, 1.82) is 0 Å². The third-order valence-corrected chi connectivity index (χ3v) is 6.00. The number of ether oxygens (including phenoxy) is 1. The predicted octanol–water partition coefficient (Wildman–Crippen LogP) is 4.65. The van der Waals surface area contributed by atoms with Gasteiger partial charge < -0.3 is 15.0 Å². The van der Waals surface area contributed by atoms with Gasteiger partial charge in [0.15, 0.2) is 0 Å². The standard InChI is InChI=1S/C25H30N4O2/c1-17-5-8-20(9-6-17)15-31-16-23-22-14-29(12-11-24(22)28(4)27-23)25(30)26-21-10-7-18(2)19(3)13-21/h5-10,13H,11-12,14-16H2,1-4H3,(H,26,30). The van der Waals surface area contributed by atoms with E-state index in [0.717, 1.165) is 28.9 Å². The Balaban J connectivity index is 1.41. The Hall–Kier alpha value is -3.12. The van der Waals surface area contributed by atoms with Crippen LogP contribution in [0, 0.1) is 20.8 Å². The van der Waals surface area contributed by atoms with Crippen LogP contribution in [0.15, 0.2) is 42.5 Å². The van der Waals surface area contributed by atoms with Crippen LogP contribution in [0.2, 0.25) is 0 Å². The molecule has 31 heavy (non-hydrogen) atoms. The number of rotatable bonds is 5. The molecule has 1 N–H and O–H groups in total. The molecule has 0 radical (unpaired) electrons. The Morgan fingerprint density at radius 1 is 1.06 bits per heavy atom. The lowest BCUT2D eigenvalue weighted by molar-refractivity contribution is 0.103. The summed E-state index contributed by atoms with van der Waals surface area (Å²) >= 11 is 0. The maximum absolute atomic E-state index is 12.9. The molecule has 0 atom stereocenters. The van der Waals surface area contributed by atoms with E-state index in [1.54, 1.807) is 0 Å². The summed E-state index contributed by atoms with van der Waals surface area (Å²) in [7, 11) is 1.97. The highest BCUT2D eigenvalue weighted by Gasteiger charge is 2.26. The number of carbonyl (C=O) groups excluding carboxylic acids is 1. The Morgan fingerprint density at radius 3 is 2.58 bits per heavy atom. The number of nitrogens with zero attached hydrogens (tertiary/aromatic N) is 3. The number of carbonyl (C=O) groups is 1. The van der Waals surface area contributed by atoms with E-state index in [0.29, 0.717) is 26.3 Å². The molecule has 0 bridgehead atoms. The molecule has 0 saturated heterocycles. The van der Waals surface area contributed by atoms with Crippen LogP contribution in [0.25, 0.3) is 0 Å². The molecule has 0 saturated carbocycles. The average molecular weight is 419 g/mol. The molecule has 0 unspecified atom stereocenters. The van der Waals surface area contributed by atoms with Crippen LogP contribution < -0.4 is 5.32 Å². The van der Waals surface area contributed by atoms with Crippen LogP contribution >= 0.6 is 0 Å². The summed E-state index contributed by atoms with van der Waals surface area (Å²) in [5, 5.41) is 7.70. The van der Waals surface area contributed by atoms with Gasteiger partial charge in [0.2, 0.25) is 0 Å². The Bertz CT molecular complexity index is 1090. The monoisotopic (exact) mass is 418 g/mol. The number of anilines is 1. The van der Waals surface area contributed by atoms with E-state index in [-0.39, 0.29) is 6.03 Å². The number of nitrogens with one attached hydrogen (secondary N) is 1. The molecule has 3 aromatic rings. The van der Waals surface area contributed by atoms with Crippen molar-refractivity contribution in [3.05, 3.63) is 81.7 Å². The maximum Gasteiger partial charge on any atom is 0.322 e. The lowest BCUT2D eigenvalue weighted by Gasteiger charge is -2.28. The largest absolute Gasteiger partial charge is 0.370 e. The first kappa shape index (κ1) is 21.1. The quantitative estimate of drug-likeness (QED) is 0.656. The number of amides is 2. The number of aryl methyl sites for hydroxylation is 4. The highest BCUT2D eigenvalue weighted by molar-refractivity contribution is 5.89. The first-order valence-electron chi connectivity index (χ1n) is 10.7. The number of aromatic nitrogens is 2. The smallest absolute Gasteiger partial charge is 0.322 e. The first-order valence-corrected chi connectivity index (χ1v) is 10.7. The second-order valence-electron chi connectivity index (χ2n) is 8.37. The molecule has 1 aromatic heterocycles. The average Bonchev–Trinajstić information content (AvgIpc) is 3.07. The molecule has 4 rings (SSSR count). The highest BCUT2D eigenvalue weighted by Crippen LogP contribution is 2.24. The van der Waals surface area contributed by atoms with Gasteiger partial charge in [-0.25, -0.2) is 4.79 Å². The van der Waals surface area contributed by atoms with E-state index >= 15 is 0 Å². The molecule has 162 valence electrons. The zero-order valence-electron chi connectivity index (χ0n) is 18.7. The number of urea groups is 1.